The highest BCUT2D eigenvalue weighted by Gasteiger charge is 2.56. The predicted octanol–water partition coefficient (Wildman–Crippen LogP) is 3.11. The molecule has 2 atom stereocenters. The van der Waals surface area contributed by atoms with Gasteiger partial charge in [-0.25, -0.2) is 9.59 Å². The summed E-state index contributed by atoms with van der Waals surface area (Å²) in [7, 11) is 1.56. The third-order valence-electron chi connectivity index (χ3n) is 4.92. The Bertz CT molecular complexity index is 818. The van der Waals surface area contributed by atoms with Gasteiger partial charge >= 0.3 is 5.97 Å². The van der Waals surface area contributed by atoms with E-state index < -0.39 is 17.4 Å². The topological polar surface area (TPSA) is 90.9 Å². The SMILES string of the molecule is CCOC(=O)C1(C(Nc2ccc(OC)cc2)C(=C=O)OC(C)C)CCCC1=C=O. The fourth-order valence-electron chi connectivity index (χ4n) is 3.65. The number of hydrogen-bond acceptors (Lipinski definition) is 7. The summed E-state index contributed by atoms with van der Waals surface area (Å²) in [4.78, 5) is 36.7. The third-order valence-corrected chi connectivity index (χ3v) is 4.92. The van der Waals surface area contributed by atoms with Crippen molar-refractivity contribution in [2.24, 2.45) is 5.41 Å². The first-order chi connectivity index (χ1) is 13.9. The Hall–Kier alpha value is -3.01. The van der Waals surface area contributed by atoms with Crippen molar-refractivity contribution in [3.63, 3.8) is 0 Å². The van der Waals surface area contributed by atoms with E-state index in [-0.39, 0.29) is 24.0 Å². The molecule has 0 amide bonds. The molecule has 156 valence electrons. The van der Waals surface area contributed by atoms with Crippen molar-refractivity contribution in [1.29, 1.82) is 0 Å². The number of carbonyl (C=O) groups excluding carboxylic acids is 3. The zero-order valence-electron chi connectivity index (χ0n) is 17.2. The van der Waals surface area contributed by atoms with Gasteiger partial charge in [-0.2, -0.15) is 0 Å². The summed E-state index contributed by atoms with van der Waals surface area (Å²) in [5, 5.41) is 3.19. The molecule has 0 aromatic heterocycles. The summed E-state index contributed by atoms with van der Waals surface area (Å²) in [5.41, 5.74) is -0.502. The average molecular weight is 401 g/mol. The quantitative estimate of drug-likeness (QED) is 0.386. The van der Waals surface area contributed by atoms with E-state index in [9.17, 15) is 14.4 Å². The summed E-state index contributed by atoms with van der Waals surface area (Å²) < 4.78 is 16.2. The lowest BCUT2D eigenvalue weighted by molar-refractivity contribution is -0.153. The van der Waals surface area contributed by atoms with Gasteiger partial charge in [-0.05, 0) is 64.3 Å². The van der Waals surface area contributed by atoms with Crippen LogP contribution < -0.4 is 10.1 Å². The average Bonchev–Trinajstić information content (AvgIpc) is 3.15. The first kappa shape index (κ1) is 22.3. The first-order valence-electron chi connectivity index (χ1n) is 9.66. The van der Waals surface area contributed by atoms with Crippen molar-refractivity contribution in [3.8, 4) is 5.75 Å². The van der Waals surface area contributed by atoms with Crippen LogP contribution in [0.1, 0.15) is 40.0 Å². The highest BCUT2D eigenvalue weighted by Crippen LogP contribution is 2.48. The molecule has 1 N–H and O–H groups in total. The highest BCUT2D eigenvalue weighted by molar-refractivity contribution is 5.88. The number of benzene rings is 1. The minimum absolute atomic E-state index is 0.0847. The number of nitrogens with one attached hydrogen (secondary N) is 1. The minimum atomic E-state index is -1.39. The van der Waals surface area contributed by atoms with Gasteiger partial charge in [-0.3, -0.25) is 4.79 Å². The van der Waals surface area contributed by atoms with Crippen molar-refractivity contribution >= 4 is 23.5 Å². The van der Waals surface area contributed by atoms with Crippen molar-refractivity contribution in [2.45, 2.75) is 52.2 Å². The van der Waals surface area contributed by atoms with Crippen molar-refractivity contribution < 1.29 is 28.6 Å². The third kappa shape index (κ3) is 4.70. The monoisotopic (exact) mass is 401 g/mol. The van der Waals surface area contributed by atoms with Crippen molar-refractivity contribution in [3.05, 3.63) is 35.6 Å². The van der Waals surface area contributed by atoms with E-state index in [1.54, 1.807) is 52.1 Å². The molecular formula is C22H27NO6. The van der Waals surface area contributed by atoms with Crippen LogP contribution >= 0.6 is 0 Å². The second-order valence-corrected chi connectivity index (χ2v) is 7.06. The number of rotatable bonds is 9. The lowest BCUT2D eigenvalue weighted by atomic mass is 9.74. The van der Waals surface area contributed by atoms with Gasteiger partial charge in [0.2, 0.25) is 5.76 Å². The van der Waals surface area contributed by atoms with Crippen LogP contribution in [-0.4, -0.2) is 43.7 Å². The van der Waals surface area contributed by atoms with Gasteiger partial charge in [-0.15, -0.1) is 0 Å². The molecule has 0 heterocycles. The fraction of sp³-hybridized carbons (Fsp3) is 0.500. The Morgan fingerprint density at radius 3 is 2.45 bits per heavy atom. The number of hydrogen-bond donors (Lipinski definition) is 1. The van der Waals surface area contributed by atoms with Gasteiger partial charge in [0.05, 0.1) is 19.8 Å². The molecule has 1 aliphatic rings. The molecule has 7 heteroatoms. The van der Waals surface area contributed by atoms with E-state index in [0.717, 1.165) is 0 Å². The van der Waals surface area contributed by atoms with Crippen LogP contribution in [-0.2, 0) is 23.9 Å². The van der Waals surface area contributed by atoms with Gasteiger partial charge in [-0.1, -0.05) is 0 Å². The van der Waals surface area contributed by atoms with Gasteiger partial charge in [0.1, 0.15) is 23.1 Å². The number of esters is 1. The minimum Gasteiger partial charge on any atom is -0.497 e. The zero-order valence-corrected chi connectivity index (χ0v) is 17.2. The van der Waals surface area contributed by atoms with E-state index in [2.05, 4.69) is 5.32 Å². The van der Waals surface area contributed by atoms with E-state index in [1.807, 2.05) is 11.9 Å². The molecule has 0 bridgehead atoms. The Labute approximate surface area is 170 Å². The maximum atomic E-state index is 13.1. The predicted molar refractivity (Wildman–Crippen MR) is 108 cm³/mol. The molecule has 1 saturated carbocycles. The molecule has 2 unspecified atom stereocenters. The second-order valence-electron chi connectivity index (χ2n) is 7.06. The van der Waals surface area contributed by atoms with Crippen LogP contribution in [0.15, 0.2) is 35.6 Å². The van der Waals surface area contributed by atoms with E-state index in [4.69, 9.17) is 14.2 Å². The molecule has 1 aliphatic carbocycles. The van der Waals surface area contributed by atoms with Crippen LogP contribution in [0, 0.1) is 5.41 Å². The van der Waals surface area contributed by atoms with Crippen LogP contribution in [0.5, 0.6) is 5.75 Å². The molecule has 1 fully saturated rings. The summed E-state index contributed by atoms with van der Waals surface area (Å²) in [6, 6.07) is 6.03. The standard InChI is InChI=1S/C22H27NO6/c1-5-28-21(26)22(12-6-7-16(22)13-24)20(19(14-25)29-15(2)3)23-17-8-10-18(27-4)11-9-17/h8-11,15,20,23H,5-7,12H2,1-4H3. The molecule has 0 aliphatic heterocycles. The van der Waals surface area contributed by atoms with Gasteiger partial charge < -0.3 is 19.5 Å². The van der Waals surface area contributed by atoms with E-state index in [1.165, 1.54) is 0 Å². The smallest absolute Gasteiger partial charge is 0.319 e. The zero-order chi connectivity index (χ0) is 21.4. The summed E-state index contributed by atoms with van der Waals surface area (Å²) in [5.74, 6) is 3.74. The molecule has 1 aromatic rings. The maximum absolute atomic E-state index is 13.1. The normalized spacial score (nSPS) is 19.1. The van der Waals surface area contributed by atoms with Crippen LogP contribution in [0.25, 0.3) is 0 Å². The van der Waals surface area contributed by atoms with Crippen LogP contribution in [0.3, 0.4) is 0 Å². The molecule has 1 aromatic carbocycles. The van der Waals surface area contributed by atoms with Gasteiger partial charge in [0.25, 0.3) is 0 Å². The molecule has 0 saturated heterocycles. The first-order valence-corrected chi connectivity index (χ1v) is 9.66. The fourth-order valence-corrected chi connectivity index (χ4v) is 3.65. The largest absolute Gasteiger partial charge is 0.497 e. The number of anilines is 1. The van der Waals surface area contributed by atoms with E-state index >= 15 is 0 Å². The lowest BCUT2D eigenvalue weighted by Crippen LogP contribution is -2.49. The molecule has 29 heavy (non-hydrogen) atoms. The lowest BCUT2D eigenvalue weighted by Gasteiger charge is -2.36. The Kier molecular flexibility index (Phi) is 7.66. The van der Waals surface area contributed by atoms with Crippen molar-refractivity contribution in [1.82, 2.24) is 0 Å². The molecular weight excluding hydrogens is 374 g/mol. The Morgan fingerprint density at radius 2 is 1.93 bits per heavy atom. The Balaban J connectivity index is 2.59. The van der Waals surface area contributed by atoms with Crippen LogP contribution in [0.4, 0.5) is 5.69 Å². The van der Waals surface area contributed by atoms with Gasteiger partial charge in [0, 0.05) is 11.3 Å². The number of ether oxygens (including phenoxy) is 3. The van der Waals surface area contributed by atoms with Crippen molar-refractivity contribution in [2.75, 3.05) is 19.0 Å². The number of carbonyl (C=O) groups is 1. The molecule has 2 rings (SSSR count). The molecule has 7 nitrogen and oxygen atoms in total. The second kappa shape index (κ2) is 9.97. The van der Waals surface area contributed by atoms with Crippen LogP contribution in [0.2, 0.25) is 0 Å². The summed E-state index contributed by atoms with van der Waals surface area (Å²) >= 11 is 0. The molecule has 0 radical (unpaired) electrons. The van der Waals surface area contributed by atoms with Gasteiger partial charge in [0.15, 0.2) is 5.94 Å². The number of methoxy groups -OCH3 is 1. The van der Waals surface area contributed by atoms with E-state index in [0.29, 0.717) is 30.7 Å². The maximum Gasteiger partial charge on any atom is 0.319 e. The molecule has 0 spiro atoms. The summed E-state index contributed by atoms with van der Waals surface area (Å²) in [6.07, 6.45) is 1.00. The Morgan fingerprint density at radius 1 is 1.24 bits per heavy atom. The highest BCUT2D eigenvalue weighted by atomic mass is 16.5. The summed E-state index contributed by atoms with van der Waals surface area (Å²) in [6.45, 7) is 5.37.